The Balaban J connectivity index is 1.32. The summed E-state index contributed by atoms with van der Waals surface area (Å²) in [5.74, 6) is 1.39. The van der Waals surface area contributed by atoms with Gasteiger partial charge in [0, 0.05) is 11.3 Å². The number of carbonyl (C=O) groups excluding carboxylic acids is 1. The summed E-state index contributed by atoms with van der Waals surface area (Å²) in [5.41, 5.74) is 2.48. The van der Waals surface area contributed by atoms with Crippen LogP contribution in [0.3, 0.4) is 0 Å². The molecule has 2 N–H and O–H groups in total. The Morgan fingerprint density at radius 2 is 1.73 bits per heavy atom. The molecule has 1 aromatic heterocycles. The number of rotatable bonds is 6. The van der Waals surface area contributed by atoms with Crippen molar-refractivity contribution in [3.8, 4) is 17.0 Å². The molecule has 1 aliphatic heterocycles. The third-order valence-electron chi connectivity index (χ3n) is 5.17. The number of hydrogen-bond acceptors (Lipinski definition) is 5. The molecule has 0 aliphatic carbocycles. The second kappa shape index (κ2) is 9.37. The number of carbonyl (C=O) groups is 1. The van der Waals surface area contributed by atoms with E-state index >= 15 is 0 Å². The van der Waals surface area contributed by atoms with Crippen molar-refractivity contribution in [1.82, 2.24) is 10.2 Å². The van der Waals surface area contributed by atoms with Crippen molar-refractivity contribution in [1.29, 1.82) is 0 Å². The molecule has 1 saturated heterocycles. The van der Waals surface area contributed by atoms with Gasteiger partial charge in [-0.1, -0.05) is 30.3 Å². The molecule has 7 heteroatoms. The van der Waals surface area contributed by atoms with Crippen LogP contribution >= 0.6 is 0 Å². The summed E-state index contributed by atoms with van der Waals surface area (Å²) < 4.78 is 5.46. The maximum atomic E-state index is 12.1. The molecule has 1 fully saturated rings. The number of hydrogen-bond donors (Lipinski definition) is 2. The molecule has 0 radical (unpaired) electrons. The predicted molar refractivity (Wildman–Crippen MR) is 117 cm³/mol. The van der Waals surface area contributed by atoms with Crippen molar-refractivity contribution in [2.75, 3.05) is 50.1 Å². The Hall–Kier alpha value is -3.45. The SMILES string of the molecule is C[NH+]1CCN(c2ccc(-c3ccc(NC(=O)COc4ccccc4)cc3)nn2)CC1. The Labute approximate surface area is 176 Å². The monoisotopic (exact) mass is 404 g/mol. The molecule has 0 bridgehead atoms. The van der Waals surface area contributed by atoms with Crippen LogP contribution in [-0.2, 0) is 4.79 Å². The lowest BCUT2D eigenvalue weighted by Crippen LogP contribution is -3.12. The van der Waals surface area contributed by atoms with Gasteiger partial charge in [0.25, 0.3) is 5.91 Å². The van der Waals surface area contributed by atoms with E-state index in [4.69, 9.17) is 4.74 Å². The van der Waals surface area contributed by atoms with Crippen LogP contribution in [0.1, 0.15) is 0 Å². The number of anilines is 2. The molecular weight excluding hydrogens is 378 g/mol. The van der Waals surface area contributed by atoms with E-state index in [1.54, 1.807) is 4.90 Å². The van der Waals surface area contributed by atoms with Crippen LogP contribution in [0.4, 0.5) is 11.5 Å². The number of nitrogens with one attached hydrogen (secondary N) is 2. The van der Waals surface area contributed by atoms with E-state index < -0.39 is 0 Å². The van der Waals surface area contributed by atoms with Crippen LogP contribution in [0.25, 0.3) is 11.3 Å². The fourth-order valence-corrected chi connectivity index (χ4v) is 3.35. The zero-order valence-corrected chi connectivity index (χ0v) is 17.0. The van der Waals surface area contributed by atoms with E-state index in [9.17, 15) is 4.79 Å². The van der Waals surface area contributed by atoms with Gasteiger partial charge in [-0.05, 0) is 36.4 Å². The number of aromatic nitrogens is 2. The molecule has 0 atom stereocenters. The molecule has 1 amide bonds. The van der Waals surface area contributed by atoms with E-state index in [0.717, 1.165) is 43.3 Å². The normalized spacial score (nSPS) is 14.4. The summed E-state index contributed by atoms with van der Waals surface area (Å²) in [6.07, 6.45) is 0. The first-order chi connectivity index (χ1) is 14.7. The largest absolute Gasteiger partial charge is 0.484 e. The average Bonchev–Trinajstić information content (AvgIpc) is 2.80. The van der Waals surface area contributed by atoms with Crippen LogP contribution in [0.2, 0.25) is 0 Å². The highest BCUT2D eigenvalue weighted by atomic mass is 16.5. The third kappa shape index (κ3) is 5.12. The van der Waals surface area contributed by atoms with Gasteiger partial charge in [0.05, 0.1) is 38.9 Å². The summed E-state index contributed by atoms with van der Waals surface area (Å²) in [5, 5.41) is 11.6. The Morgan fingerprint density at radius 3 is 2.40 bits per heavy atom. The van der Waals surface area contributed by atoms with Gasteiger partial charge >= 0.3 is 0 Å². The zero-order valence-electron chi connectivity index (χ0n) is 17.0. The predicted octanol–water partition coefficient (Wildman–Crippen LogP) is 1.50. The van der Waals surface area contributed by atoms with Gasteiger partial charge in [-0.2, -0.15) is 0 Å². The maximum Gasteiger partial charge on any atom is 0.262 e. The molecule has 0 saturated carbocycles. The number of para-hydroxylation sites is 1. The molecule has 0 spiro atoms. The number of ether oxygens (including phenoxy) is 1. The maximum absolute atomic E-state index is 12.1. The topological polar surface area (TPSA) is 71.8 Å². The van der Waals surface area contributed by atoms with Gasteiger partial charge in [-0.15, -0.1) is 10.2 Å². The molecular formula is C23H26N5O2+. The fourth-order valence-electron chi connectivity index (χ4n) is 3.35. The molecule has 2 aromatic carbocycles. The van der Waals surface area contributed by atoms with Gasteiger partial charge in [0.1, 0.15) is 5.75 Å². The van der Waals surface area contributed by atoms with Crippen LogP contribution in [0.15, 0.2) is 66.7 Å². The van der Waals surface area contributed by atoms with Crippen molar-refractivity contribution in [2.45, 2.75) is 0 Å². The van der Waals surface area contributed by atoms with Crippen LogP contribution in [0.5, 0.6) is 5.75 Å². The molecule has 1 aliphatic rings. The second-order valence-electron chi connectivity index (χ2n) is 7.45. The molecule has 154 valence electrons. The van der Waals surface area contributed by atoms with Gasteiger partial charge in [0.15, 0.2) is 12.4 Å². The number of quaternary nitrogens is 1. The van der Waals surface area contributed by atoms with E-state index in [1.807, 2.05) is 66.7 Å². The Kier molecular flexibility index (Phi) is 6.20. The summed E-state index contributed by atoms with van der Waals surface area (Å²) >= 11 is 0. The second-order valence-corrected chi connectivity index (χ2v) is 7.45. The minimum absolute atomic E-state index is 0.0352. The van der Waals surface area contributed by atoms with E-state index in [1.165, 1.54) is 0 Å². The van der Waals surface area contributed by atoms with Gasteiger partial charge in [0.2, 0.25) is 0 Å². The first-order valence-corrected chi connectivity index (χ1v) is 10.2. The average molecular weight is 404 g/mol. The van der Waals surface area contributed by atoms with Crippen LogP contribution in [0, 0.1) is 0 Å². The van der Waals surface area contributed by atoms with Crippen molar-refractivity contribution >= 4 is 17.4 Å². The molecule has 3 aromatic rings. The van der Waals surface area contributed by atoms with Crippen LogP contribution < -0.4 is 19.9 Å². The summed E-state index contributed by atoms with van der Waals surface area (Å²) in [7, 11) is 2.22. The number of piperazine rings is 1. The van der Waals surface area contributed by atoms with Crippen molar-refractivity contribution in [2.24, 2.45) is 0 Å². The molecule has 2 heterocycles. The lowest BCUT2D eigenvalue weighted by Gasteiger charge is -2.30. The zero-order chi connectivity index (χ0) is 20.8. The van der Waals surface area contributed by atoms with Crippen molar-refractivity contribution in [3.63, 3.8) is 0 Å². The third-order valence-corrected chi connectivity index (χ3v) is 5.17. The summed E-state index contributed by atoms with van der Waals surface area (Å²) in [6, 6.07) is 20.9. The Bertz CT molecular complexity index is 953. The van der Waals surface area contributed by atoms with Gasteiger partial charge in [-0.25, -0.2) is 0 Å². The highest BCUT2D eigenvalue weighted by Crippen LogP contribution is 2.21. The highest BCUT2D eigenvalue weighted by molar-refractivity contribution is 5.92. The number of amides is 1. The molecule has 4 rings (SSSR count). The van der Waals surface area contributed by atoms with Crippen molar-refractivity contribution in [3.05, 3.63) is 66.7 Å². The molecule has 7 nitrogen and oxygen atoms in total. The number of likely N-dealkylation sites (N-methyl/N-ethyl adjacent to an activating group) is 1. The Morgan fingerprint density at radius 1 is 1.00 bits per heavy atom. The highest BCUT2D eigenvalue weighted by Gasteiger charge is 2.18. The quantitative estimate of drug-likeness (QED) is 0.652. The minimum Gasteiger partial charge on any atom is -0.484 e. The fraction of sp³-hybridized carbons (Fsp3) is 0.261. The van der Waals surface area contributed by atoms with E-state index in [2.05, 4.69) is 27.5 Å². The molecule has 0 unspecified atom stereocenters. The minimum atomic E-state index is -0.204. The van der Waals surface area contributed by atoms with Crippen molar-refractivity contribution < 1.29 is 14.4 Å². The lowest BCUT2D eigenvalue weighted by molar-refractivity contribution is -0.880. The van der Waals surface area contributed by atoms with Gasteiger partial charge in [-0.3, -0.25) is 4.79 Å². The summed E-state index contributed by atoms with van der Waals surface area (Å²) in [4.78, 5) is 15.9. The van der Waals surface area contributed by atoms with Gasteiger partial charge < -0.3 is 19.9 Å². The number of nitrogens with zero attached hydrogens (tertiary/aromatic N) is 3. The first-order valence-electron chi connectivity index (χ1n) is 10.2. The van der Waals surface area contributed by atoms with Crippen LogP contribution in [-0.4, -0.2) is 55.9 Å². The lowest BCUT2D eigenvalue weighted by atomic mass is 10.1. The number of benzene rings is 2. The summed E-state index contributed by atoms with van der Waals surface area (Å²) in [6.45, 7) is 4.21. The standard InChI is InChI=1S/C23H25N5O2/c1-27-13-15-28(16-14-27)22-12-11-21(25-26-22)18-7-9-19(10-8-18)24-23(29)17-30-20-5-3-2-4-6-20/h2-12H,13-17H2,1H3,(H,24,29)/p+1. The van der Waals surface area contributed by atoms with E-state index in [0.29, 0.717) is 11.4 Å². The van der Waals surface area contributed by atoms with E-state index in [-0.39, 0.29) is 12.5 Å². The smallest absolute Gasteiger partial charge is 0.262 e. The molecule has 30 heavy (non-hydrogen) atoms. The first kappa shape index (κ1) is 19.8.